The second-order valence-electron chi connectivity index (χ2n) is 12.1. The predicted molar refractivity (Wildman–Crippen MR) is 169 cm³/mol. The maximum absolute atomic E-state index is 13.7. The van der Waals surface area contributed by atoms with E-state index in [9.17, 15) is 14.4 Å². The second-order valence-corrected chi connectivity index (χ2v) is 13.1. The van der Waals surface area contributed by atoms with Crippen LogP contribution in [0, 0.1) is 11.8 Å². The number of carbonyl (C=O) groups excluding carboxylic acids is 3. The van der Waals surface area contributed by atoms with E-state index < -0.39 is 5.97 Å². The zero-order valence-corrected chi connectivity index (χ0v) is 25.5. The monoisotopic (exact) mass is 597 g/mol. The lowest BCUT2D eigenvalue weighted by molar-refractivity contribution is -0.0404. The van der Waals surface area contributed by atoms with Crippen molar-refractivity contribution in [1.29, 1.82) is 0 Å². The number of ketones is 2. The summed E-state index contributed by atoms with van der Waals surface area (Å²) in [7, 11) is 0. The number of hydrogen-bond donors (Lipinski definition) is 1. The van der Waals surface area contributed by atoms with Crippen molar-refractivity contribution in [2.45, 2.75) is 81.1 Å². The molecule has 6 rings (SSSR count). The Bertz CT molecular complexity index is 1520. The van der Waals surface area contributed by atoms with Crippen LogP contribution in [0.25, 0.3) is 0 Å². The lowest BCUT2D eigenvalue weighted by atomic mass is 9.69. The molecule has 224 valence electrons. The van der Waals surface area contributed by atoms with E-state index in [1.165, 1.54) is 11.8 Å². The molecule has 0 heterocycles. The van der Waals surface area contributed by atoms with Crippen molar-refractivity contribution in [1.82, 2.24) is 0 Å². The number of unbranched alkanes of at least 4 members (excludes halogenated alkanes) is 1. The van der Waals surface area contributed by atoms with Crippen molar-refractivity contribution in [2.24, 2.45) is 11.8 Å². The van der Waals surface area contributed by atoms with Gasteiger partial charge < -0.3 is 15.2 Å². The van der Waals surface area contributed by atoms with Gasteiger partial charge in [-0.3, -0.25) is 9.59 Å². The molecule has 7 heteroatoms. The van der Waals surface area contributed by atoms with E-state index in [2.05, 4.69) is 6.92 Å². The highest BCUT2D eigenvalue weighted by Gasteiger charge is 2.39. The van der Waals surface area contributed by atoms with Gasteiger partial charge >= 0.3 is 5.97 Å². The first kappa shape index (κ1) is 29.6. The van der Waals surface area contributed by atoms with Gasteiger partial charge in [0.1, 0.15) is 6.10 Å². The summed E-state index contributed by atoms with van der Waals surface area (Å²) in [6, 6.07) is 18.3. The molecule has 4 atom stereocenters. The number of nitrogens with two attached hydrogens (primary N) is 1. The number of nitrogen functional groups attached to an aromatic ring is 1. The van der Waals surface area contributed by atoms with Crippen molar-refractivity contribution >= 4 is 35.0 Å². The molecule has 2 saturated carbocycles. The van der Waals surface area contributed by atoms with Crippen molar-refractivity contribution in [2.75, 3.05) is 12.3 Å². The fourth-order valence-corrected chi connectivity index (χ4v) is 8.03. The van der Waals surface area contributed by atoms with E-state index in [4.69, 9.17) is 15.2 Å². The van der Waals surface area contributed by atoms with Crippen LogP contribution in [0.1, 0.15) is 106 Å². The van der Waals surface area contributed by atoms with E-state index in [-0.39, 0.29) is 40.0 Å². The van der Waals surface area contributed by atoms with Gasteiger partial charge in [0.25, 0.3) is 0 Å². The second kappa shape index (κ2) is 13.1. The Balaban J connectivity index is 1.23. The van der Waals surface area contributed by atoms with Crippen molar-refractivity contribution in [3.8, 4) is 0 Å². The van der Waals surface area contributed by atoms with Gasteiger partial charge in [-0.15, -0.1) is 11.8 Å². The molecule has 0 bridgehead atoms. The van der Waals surface area contributed by atoms with Gasteiger partial charge in [0, 0.05) is 33.9 Å². The molecule has 0 amide bonds. The Kier molecular flexibility index (Phi) is 9.01. The van der Waals surface area contributed by atoms with Crippen LogP contribution in [-0.2, 0) is 15.2 Å². The van der Waals surface area contributed by atoms with Gasteiger partial charge in [0.15, 0.2) is 11.6 Å². The van der Waals surface area contributed by atoms with E-state index >= 15 is 0 Å². The van der Waals surface area contributed by atoms with Crippen LogP contribution in [0.5, 0.6) is 0 Å². The van der Waals surface area contributed by atoms with E-state index in [1.807, 2.05) is 30.3 Å². The summed E-state index contributed by atoms with van der Waals surface area (Å²) >= 11 is 1.43. The summed E-state index contributed by atoms with van der Waals surface area (Å²) in [4.78, 5) is 41.7. The number of carbonyl (C=O) groups is 3. The number of esters is 1. The molecular formula is C36H39NO5S. The largest absolute Gasteiger partial charge is 0.459 e. The number of thioether (sulfide) groups is 1. The standard InChI is InChI=1S/C36H39NO5S/c1-2-3-17-41-25-15-13-24-19-26(16-14-23(24)18-25)42-36(40)29-20-30(43-21-22-9-5-4-6-10-22)31-32(33(29)37)35(39)28-12-8-7-11-27(28)34(31)38/h4-12,20,23-26H,2-3,13-19,21,37H2,1H3. The summed E-state index contributed by atoms with van der Waals surface area (Å²) < 4.78 is 12.2. The number of fused-ring (bicyclic) bond motifs is 3. The molecular weight excluding hydrogens is 558 g/mol. The molecule has 4 unspecified atom stereocenters. The number of rotatable bonds is 9. The Morgan fingerprint density at radius 3 is 2.19 bits per heavy atom. The van der Waals surface area contributed by atoms with Crippen LogP contribution in [-0.4, -0.2) is 36.4 Å². The molecule has 3 aliphatic rings. The van der Waals surface area contributed by atoms with Crippen molar-refractivity contribution < 1.29 is 23.9 Å². The third kappa shape index (κ3) is 6.16. The molecule has 0 aromatic heterocycles. The quantitative estimate of drug-likeness (QED) is 0.0916. The summed E-state index contributed by atoms with van der Waals surface area (Å²) in [5.41, 5.74) is 8.87. The lowest BCUT2D eigenvalue weighted by Crippen LogP contribution is -2.37. The first-order chi connectivity index (χ1) is 20.9. The summed E-state index contributed by atoms with van der Waals surface area (Å²) in [6.07, 6.45) is 8.29. The third-order valence-corrected chi connectivity index (χ3v) is 10.4. The summed E-state index contributed by atoms with van der Waals surface area (Å²) in [5, 5.41) is 0. The fourth-order valence-electron chi connectivity index (χ4n) is 6.97. The predicted octanol–water partition coefficient (Wildman–Crippen LogP) is 7.65. The van der Waals surface area contributed by atoms with Crippen LogP contribution in [0.3, 0.4) is 0 Å². The molecule has 3 aromatic rings. The van der Waals surface area contributed by atoms with Gasteiger partial charge in [-0.05, 0) is 68.4 Å². The molecule has 2 N–H and O–H groups in total. The topological polar surface area (TPSA) is 95.7 Å². The highest BCUT2D eigenvalue weighted by Crippen LogP contribution is 2.44. The minimum atomic E-state index is -0.527. The Hall–Kier alpha value is -3.42. The molecule has 0 radical (unpaired) electrons. The molecule has 0 spiro atoms. The molecule has 6 nitrogen and oxygen atoms in total. The van der Waals surface area contributed by atoms with Crippen molar-refractivity contribution in [3.63, 3.8) is 0 Å². The number of ether oxygens (including phenoxy) is 2. The van der Waals surface area contributed by atoms with E-state index in [0.29, 0.717) is 39.7 Å². The van der Waals surface area contributed by atoms with Crippen LogP contribution in [0.2, 0.25) is 0 Å². The van der Waals surface area contributed by atoms with Crippen LogP contribution >= 0.6 is 11.8 Å². The number of benzene rings is 3. The first-order valence-corrected chi connectivity index (χ1v) is 16.6. The molecule has 43 heavy (non-hydrogen) atoms. The number of hydrogen-bond acceptors (Lipinski definition) is 7. The maximum atomic E-state index is 13.7. The molecule has 3 aromatic carbocycles. The number of anilines is 1. The van der Waals surface area contributed by atoms with Gasteiger partial charge in [0.05, 0.1) is 22.9 Å². The van der Waals surface area contributed by atoms with Crippen LogP contribution in [0.4, 0.5) is 5.69 Å². The van der Waals surface area contributed by atoms with E-state index in [0.717, 1.165) is 63.5 Å². The molecule has 2 fully saturated rings. The maximum Gasteiger partial charge on any atom is 0.340 e. The molecule has 3 aliphatic carbocycles. The Morgan fingerprint density at radius 2 is 1.49 bits per heavy atom. The van der Waals surface area contributed by atoms with Gasteiger partial charge in [-0.25, -0.2) is 4.79 Å². The lowest BCUT2D eigenvalue weighted by Gasteiger charge is -2.41. The fraction of sp³-hybridized carbons (Fsp3) is 0.417. The first-order valence-electron chi connectivity index (χ1n) is 15.6. The average Bonchev–Trinajstić information content (AvgIpc) is 3.03. The third-order valence-electron chi connectivity index (χ3n) is 9.30. The summed E-state index contributed by atoms with van der Waals surface area (Å²) in [6.45, 7) is 3.02. The minimum absolute atomic E-state index is 0.0235. The highest BCUT2D eigenvalue weighted by molar-refractivity contribution is 7.98. The SMILES string of the molecule is CCCCOC1CCC2CC(OC(=O)c3cc(SCc4ccccc4)c4c(c3N)C(=O)c3ccccc3C4=O)CCC2C1. The minimum Gasteiger partial charge on any atom is -0.459 e. The smallest absolute Gasteiger partial charge is 0.340 e. The summed E-state index contributed by atoms with van der Waals surface area (Å²) in [5.74, 6) is 0.585. The molecule has 0 aliphatic heterocycles. The Labute approximate surface area is 257 Å². The molecule has 0 saturated heterocycles. The van der Waals surface area contributed by atoms with Crippen LogP contribution < -0.4 is 5.73 Å². The Morgan fingerprint density at radius 1 is 0.860 bits per heavy atom. The van der Waals surface area contributed by atoms with Gasteiger partial charge in [-0.1, -0.05) is 67.9 Å². The normalized spacial score (nSPS) is 22.8. The van der Waals surface area contributed by atoms with Gasteiger partial charge in [0.2, 0.25) is 0 Å². The van der Waals surface area contributed by atoms with Crippen molar-refractivity contribution in [3.05, 3.63) is 94.0 Å². The van der Waals surface area contributed by atoms with Crippen LogP contribution in [0.15, 0.2) is 65.6 Å². The van der Waals surface area contributed by atoms with E-state index in [1.54, 1.807) is 30.3 Å². The average molecular weight is 598 g/mol. The zero-order chi connectivity index (χ0) is 29.9. The highest BCUT2D eigenvalue weighted by atomic mass is 32.2. The zero-order valence-electron chi connectivity index (χ0n) is 24.7. The van der Waals surface area contributed by atoms with Gasteiger partial charge in [-0.2, -0.15) is 0 Å².